The van der Waals surface area contributed by atoms with E-state index in [1.165, 1.54) is 9.13 Å². The molecule has 1 aliphatic heterocycles. The number of rotatable bonds is 5. The molecule has 0 aliphatic carbocycles. The molecule has 0 bridgehead atoms. The molecular formula is C20H25N5O4. The Morgan fingerprint density at radius 2 is 1.93 bits per heavy atom. The van der Waals surface area contributed by atoms with Crippen LogP contribution in [0.5, 0.6) is 5.75 Å². The zero-order chi connectivity index (χ0) is 20.7. The second-order valence-electron chi connectivity index (χ2n) is 7.48. The molecule has 9 heteroatoms. The van der Waals surface area contributed by atoms with Gasteiger partial charge >= 0.3 is 5.69 Å². The minimum absolute atomic E-state index is 0.0829. The highest BCUT2D eigenvalue weighted by Crippen LogP contribution is 2.33. The first-order valence-electron chi connectivity index (χ1n) is 9.68. The van der Waals surface area contributed by atoms with Gasteiger partial charge < -0.3 is 19.3 Å². The number of ether oxygens (including phenoxy) is 1. The van der Waals surface area contributed by atoms with Crippen molar-refractivity contribution in [3.8, 4) is 5.75 Å². The van der Waals surface area contributed by atoms with Gasteiger partial charge in [0.05, 0.1) is 7.11 Å². The number of aromatic nitrogens is 4. The van der Waals surface area contributed by atoms with Gasteiger partial charge in [0, 0.05) is 39.0 Å². The maximum absolute atomic E-state index is 13.1. The average Bonchev–Trinajstić information content (AvgIpc) is 3.11. The summed E-state index contributed by atoms with van der Waals surface area (Å²) < 4.78 is 9.75. The molecule has 0 amide bonds. The fourth-order valence-corrected chi connectivity index (χ4v) is 3.91. The van der Waals surface area contributed by atoms with Crippen molar-refractivity contribution < 1.29 is 9.84 Å². The number of methoxy groups -OCH3 is 1. The highest BCUT2D eigenvalue weighted by Gasteiger charge is 2.29. The second kappa shape index (κ2) is 7.40. The lowest BCUT2D eigenvalue weighted by Crippen LogP contribution is -2.40. The van der Waals surface area contributed by atoms with Crippen molar-refractivity contribution in [2.45, 2.75) is 26.4 Å². The van der Waals surface area contributed by atoms with Gasteiger partial charge in [0.15, 0.2) is 11.2 Å². The molecule has 3 heterocycles. The number of nitrogens with zero attached hydrogens (tertiary/aromatic N) is 5. The predicted molar refractivity (Wildman–Crippen MR) is 110 cm³/mol. The van der Waals surface area contributed by atoms with Crippen molar-refractivity contribution in [3.63, 3.8) is 0 Å². The van der Waals surface area contributed by atoms with Gasteiger partial charge in [-0.3, -0.25) is 13.9 Å². The summed E-state index contributed by atoms with van der Waals surface area (Å²) in [5, 5.41) is 9.12. The van der Waals surface area contributed by atoms with E-state index in [1.807, 2.05) is 28.8 Å². The molecule has 9 nitrogen and oxygen atoms in total. The van der Waals surface area contributed by atoms with Crippen LogP contribution in [0, 0.1) is 5.92 Å². The van der Waals surface area contributed by atoms with Crippen molar-refractivity contribution >= 4 is 22.8 Å². The predicted octanol–water partition coefficient (Wildman–Crippen LogP) is 1.08. The number of benzene rings is 1. The van der Waals surface area contributed by atoms with E-state index in [0.29, 0.717) is 30.1 Å². The number of aliphatic hydroxyl groups is 1. The normalized spacial score (nSPS) is 16.3. The van der Waals surface area contributed by atoms with Crippen LogP contribution in [0.15, 0.2) is 33.9 Å². The third kappa shape index (κ3) is 3.11. The Kier molecular flexibility index (Phi) is 4.91. The molecular weight excluding hydrogens is 374 g/mol. The summed E-state index contributed by atoms with van der Waals surface area (Å²) in [6.45, 7) is 3.61. The first kappa shape index (κ1) is 19.3. The molecule has 29 heavy (non-hydrogen) atoms. The molecule has 0 spiro atoms. The maximum atomic E-state index is 13.1. The van der Waals surface area contributed by atoms with E-state index in [1.54, 1.807) is 14.2 Å². The summed E-state index contributed by atoms with van der Waals surface area (Å²) in [6.07, 6.45) is 0.343. The minimum atomic E-state index is -0.421. The molecule has 0 saturated heterocycles. The van der Waals surface area contributed by atoms with Gasteiger partial charge in [0.1, 0.15) is 5.75 Å². The molecule has 1 unspecified atom stereocenters. The van der Waals surface area contributed by atoms with E-state index in [0.717, 1.165) is 18.0 Å². The summed E-state index contributed by atoms with van der Waals surface area (Å²) in [5.74, 6) is 1.70. The zero-order valence-electron chi connectivity index (χ0n) is 16.8. The molecule has 0 fully saturated rings. The number of fused-ring (bicyclic) bond motifs is 3. The van der Waals surface area contributed by atoms with Gasteiger partial charge in [-0.05, 0) is 36.6 Å². The van der Waals surface area contributed by atoms with Gasteiger partial charge in [0.2, 0.25) is 5.95 Å². The van der Waals surface area contributed by atoms with Crippen LogP contribution in [0.2, 0.25) is 0 Å². The van der Waals surface area contributed by atoms with E-state index < -0.39 is 5.69 Å². The molecule has 1 aliphatic rings. The fraction of sp³-hybridized carbons (Fsp3) is 0.450. The van der Waals surface area contributed by atoms with Gasteiger partial charge in [-0.15, -0.1) is 0 Å². The molecule has 1 aromatic carbocycles. The molecule has 154 valence electrons. The van der Waals surface area contributed by atoms with Gasteiger partial charge in [-0.2, -0.15) is 4.98 Å². The smallest absolute Gasteiger partial charge is 0.332 e. The monoisotopic (exact) mass is 399 g/mol. The van der Waals surface area contributed by atoms with Crippen LogP contribution < -0.4 is 20.9 Å². The van der Waals surface area contributed by atoms with Gasteiger partial charge in [-0.25, -0.2) is 4.79 Å². The summed E-state index contributed by atoms with van der Waals surface area (Å²) in [4.78, 5) is 32.6. The SMILES string of the molecule is COc1ccc(N2CC(C)Cn3c2nc2c3c(=O)n(CCCO)c(=O)n2C)cc1. The second-order valence-corrected chi connectivity index (χ2v) is 7.48. The quantitative estimate of drug-likeness (QED) is 0.690. The highest BCUT2D eigenvalue weighted by molar-refractivity contribution is 5.77. The summed E-state index contributed by atoms with van der Waals surface area (Å²) in [6, 6.07) is 7.69. The van der Waals surface area contributed by atoms with E-state index in [2.05, 4.69) is 16.8 Å². The van der Waals surface area contributed by atoms with E-state index >= 15 is 0 Å². The van der Waals surface area contributed by atoms with E-state index in [-0.39, 0.29) is 24.6 Å². The Balaban J connectivity index is 1.93. The van der Waals surface area contributed by atoms with Crippen LogP contribution in [0.25, 0.3) is 11.2 Å². The number of anilines is 2. The number of hydrogen-bond acceptors (Lipinski definition) is 6. The first-order valence-corrected chi connectivity index (χ1v) is 9.68. The lowest BCUT2D eigenvalue weighted by Gasteiger charge is -2.33. The van der Waals surface area contributed by atoms with E-state index in [9.17, 15) is 9.59 Å². The lowest BCUT2D eigenvalue weighted by molar-refractivity contribution is 0.277. The number of imidazole rings is 1. The van der Waals surface area contributed by atoms with Crippen LogP contribution in [0.3, 0.4) is 0 Å². The highest BCUT2D eigenvalue weighted by atomic mass is 16.5. The zero-order valence-corrected chi connectivity index (χ0v) is 16.8. The number of aliphatic hydroxyl groups excluding tert-OH is 1. The van der Waals surface area contributed by atoms with Crippen molar-refractivity contribution in [2.24, 2.45) is 13.0 Å². The average molecular weight is 399 g/mol. The number of aryl methyl sites for hydroxylation is 1. The molecule has 1 N–H and O–H groups in total. The molecule has 0 radical (unpaired) electrons. The summed E-state index contributed by atoms with van der Waals surface area (Å²) >= 11 is 0. The van der Waals surface area contributed by atoms with Crippen LogP contribution >= 0.6 is 0 Å². The molecule has 4 rings (SSSR count). The van der Waals surface area contributed by atoms with Crippen molar-refractivity contribution in [3.05, 3.63) is 45.1 Å². The molecule has 0 saturated carbocycles. The topological polar surface area (TPSA) is 94.5 Å². The van der Waals surface area contributed by atoms with Gasteiger partial charge in [-0.1, -0.05) is 6.92 Å². The fourth-order valence-electron chi connectivity index (χ4n) is 3.91. The van der Waals surface area contributed by atoms with Gasteiger partial charge in [0.25, 0.3) is 5.56 Å². The van der Waals surface area contributed by atoms with E-state index in [4.69, 9.17) is 9.84 Å². The standard InChI is InChI=1S/C20H25N5O4/c1-13-11-24(14-5-7-15(29-3)8-6-14)19-21-17-16(25(19)12-13)18(27)23(9-4-10-26)20(28)22(17)2/h5-8,13,26H,4,9-12H2,1-3H3. The first-order chi connectivity index (χ1) is 14.0. The Morgan fingerprint density at radius 1 is 1.21 bits per heavy atom. The van der Waals surface area contributed by atoms with Crippen molar-refractivity contribution in [2.75, 3.05) is 25.2 Å². The third-order valence-corrected chi connectivity index (χ3v) is 5.37. The largest absolute Gasteiger partial charge is 0.497 e. The Morgan fingerprint density at radius 3 is 2.59 bits per heavy atom. The number of hydrogen-bond donors (Lipinski definition) is 1. The molecule has 3 aromatic rings. The van der Waals surface area contributed by atoms with Crippen molar-refractivity contribution in [1.29, 1.82) is 0 Å². The summed E-state index contributed by atoms with van der Waals surface area (Å²) in [5.41, 5.74) is 0.960. The van der Waals surface area contributed by atoms with Crippen LogP contribution in [0.4, 0.5) is 11.6 Å². The molecule has 1 atom stereocenters. The lowest BCUT2D eigenvalue weighted by atomic mass is 10.1. The van der Waals surface area contributed by atoms with Crippen LogP contribution in [0.1, 0.15) is 13.3 Å². The summed E-state index contributed by atoms with van der Waals surface area (Å²) in [7, 11) is 3.25. The third-order valence-electron chi connectivity index (χ3n) is 5.37. The van der Waals surface area contributed by atoms with Crippen molar-refractivity contribution in [1.82, 2.24) is 18.7 Å². The minimum Gasteiger partial charge on any atom is -0.497 e. The maximum Gasteiger partial charge on any atom is 0.332 e. The Bertz CT molecular complexity index is 1160. The van der Waals surface area contributed by atoms with Crippen LogP contribution in [-0.2, 0) is 20.1 Å². The van der Waals surface area contributed by atoms with Crippen LogP contribution in [-0.4, -0.2) is 44.1 Å². The Hall–Kier alpha value is -3.07. The Labute approximate surface area is 167 Å². The molecule has 2 aromatic heterocycles.